The van der Waals surface area contributed by atoms with Crippen LogP contribution in [-0.4, -0.2) is 5.97 Å². The molecule has 140 valence electrons. The van der Waals surface area contributed by atoms with Gasteiger partial charge in [0, 0.05) is 5.56 Å². The lowest BCUT2D eigenvalue weighted by molar-refractivity contribution is -0.148. The second-order valence-corrected chi connectivity index (χ2v) is 6.57. The van der Waals surface area contributed by atoms with Gasteiger partial charge in [-0.05, 0) is 43.7 Å². The second kappa shape index (κ2) is 8.88. The first-order chi connectivity index (χ1) is 13.6. The summed E-state index contributed by atoms with van der Waals surface area (Å²) in [6.07, 6.45) is -1.00. The van der Waals surface area contributed by atoms with Crippen LogP contribution >= 0.6 is 0 Å². The third kappa shape index (κ3) is 4.77. The predicted molar refractivity (Wildman–Crippen MR) is 107 cm³/mol. The summed E-state index contributed by atoms with van der Waals surface area (Å²) in [5.41, 5.74) is 2.54. The van der Waals surface area contributed by atoms with Crippen molar-refractivity contribution < 1.29 is 14.3 Å². The number of rotatable bonds is 6. The lowest BCUT2D eigenvalue weighted by Crippen LogP contribution is -2.16. The first-order valence-corrected chi connectivity index (χ1v) is 9.06. The summed E-state index contributed by atoms with van der Waals surface area (Å²) in [5, 5.41) is 9.53. The van der Waals surface area contributed by atoms with E-state index in [1.807, 2.05) is 61.5 Å². The van der Waals surface area contributed by atoms with Crippen molar-refractivity contribution in [1.29, 1.82) is 5.26 Å². The van der Waals surface area contributed by atoms with E-state index >= 15 is 0 Å². The molecule has 0 saturated heterocycles. The minimum Gasteiger partial charge on any atom is -0.457 e. The van der Waals surface area contributed by atoms with E-state index in [1.165, 1.54) is 0 Å². The summed E-state index contributed by atoms with van der Waals surface area (Å²) < 4.78 is 11.3. The van der Waals surface area contributed by atoms with E-state index in [0.717, 1.165) is 11.1 Å². The molecule has 0 heterocycles. The molecular formula is C24H21NO3. The van der Waals surface area contributed by atoms with Crippen molar-refractivity contribution in [2.24, 2.45) is 0 Å². The van der Waals surface area contributed by atoms with Crippen molar-refractivity contribution in [3.05, 3.63) is 95.6 Å². The Kier molecular flexibility index (Phi) is 6.08. The summed E-state index contributed by atoms with van der Waals surface area (Å²) in [4.78, 5) is 12.5. The average Bonchev–Trinajstić information content (AvgIpc) is 2.73. The van der Waals surface area contributed by atoms with E-state index in [1.54, 1.807) is 31.2 Å². The van der Waals surface area contributed by atoms with Gasteiger partial charge in [-0.1, -0.05) is 60.2 Å². The standard InChI is InChI=1S/C24H21NO3/c1-17-11-13-19(14-12-17)18(2)24(26)28-23(16-25)20-7-6-10-22(15-20)27-21-8-4-3-5-9-21/h3-15,18,23H,1-2H3. The maximum Gasteiger partial charge on any atom is 0.314 e. The molecule has 0 bridgehead atoms. The number of para-hydroxylation sites is 1. The fraction of sp³-hybridized carbons (Fsp3) is 0.167. The van der Waals surface area contributed by atoms with Gasteiger partial charge in [-0.3, -0.25) is 4.79 Å². The zero-order valence-corrected chi connectivity index (χ0v) is 15.8. The highest BCUT2D eigenvalue weighted by molar-refractivity contribution is 5.78. The fourth-order valence-corrected chi connectivity index (χ4v) is 2.74. The Morgan fingerprint density at radius 2 is 1.57 bits per heavy atom. The molecule has 0 fully saturated rings. The molecule has 0 aliphatic rings. The Labute approximate surface area is 165 Å². The Hall–Kier alpha value is -3.58. The van der Waals surface area contributed by atoms with Crippen LogP contribution in [0.3, 0.4) is 0 Å². The first-order valence-electron chi connectivity index (χ1n) is 9.06. The van der Waals surface area contributed by atoms with Gasteiger partial charge in [0.05, 0.1) is 5.92 Å². The molecule has 0 aliphatic carbocycles. The summed E-state index contributed by atoms with van der Waals surface area (Å²) >= 11 is 0. The number of benzene rings is 3. The van der Waals surface area contributed by atoms with Crippen LogP contribution in [-0.2, 0) is 9.53 Å². The van der Waals surface area contributed by atoms with Crippen LogP contribution in [0.25, 0.3) is 0 Å². The highest BCUT2D eigenvalue weighted by Gasteiger charge is 2.22. The Morgan fingerprint density at radius 3 is 2.25 bits per heavy atom. The van der Waals surface area contributed by atoms with E-state index in [9.17, 15) is 10.1 Å². The third-order valence-corrected chi connectivity index (χ3v) is 4.42. The minimum atomic E-state index is -1.00. The predicted octanol–water partition coefficient (Wildman–Crippen LogP) is 5.70. The van der Waals surface area contributed by atoms with E-state index in [2.05, 4.69) is 6.07 Å². The minimum absolute atomic E-state index is 0.440. The van der Waals surface area contributed by atoms with Crippen molar-refractivity contribution in [3.8, 4) is 17.6 Å². The molecule has 0 N–H and O–H groups in total. The van der Waals surface area contributed by atoms with E-state index in [4.69, 9.17) is 9.47 Å². The monoisotopic (exact) mass is 371 g/mol. The number of esters is 1. The molecular weight excluding hydrogens is 350 g/mol. The first kappa shape index (κ1) is 19.2. The Bertz CT molecular complexity index is 975. The Balaban J connectivity index is 1.72. The lowest BCUT2D eigenvalue weighted by Gasteiger charge is -2.16. The lowest BCUT2D eigenvalue weighted by atomic mass is 10.00. The number of carbonyl (C=O) groups excluding carboxylic acids is 1. The molecule has 0 radical (unpaired) electrons. The molecule has 3 aromatic rings. The number of aryl methyl sites for hydroxylation is 1. The molecule has 3 aromatic carbocycles. The van der Waals surface area contributed by atoms with E-state index in [-0.39, 0.29) is 0 Å². The molecule has 0 amide bonds. The number of ether oxygens (including phenoxy) is 2. The van der Waals surface area contributed by atoms with Crippen LogP contribution in [0.2, 0.25) is 0 Å². The molecule has 0 spiro atoms. The molecule has 4 nitrogen and oxygen atoms in total. The van der Waals surface area contributed by atoms with Crippen molar-refractivity contribution in [2.45, 2.75) is 25.9 Å². The highest BCUT2D eigenvalue weighted by atomic mass is 16.5. The van der Waals surface area contributed by atoms with E-state index in [0.29, 0.717) is 17.1 Å². The van der Waals surface area contributed by atoms with Gasteiger partial charge in [-0.15, -0.1) is 0 Å². The van der Waals surface area contributed by atoms with Gasteiger partial charge in [0.1, 0.15) is 17.6 Å². The van der Waals surface area contributed by atoms with Gasteiger partial charge in [0.15, 0.2) is 0 Å². The maximum atomic E-state index is 12.5. The van der Waals surface area contributed by atoms with Gasteiger partial charge >= 0.3 is 5.97 Å². The van der Waals surface area contributed by atoms with Crippen molar-refractivity contribution in [3.63, 3.8) is 0 Å². The summed E-state index contributed by atoms with van der Waals surface area (Å²) in [6, 6.07) is 26.1. The summed E-state index contributed by atoms with van der Waals surface area (Å²) in [5.74, 6) is 0.370. The largest absolute Gasteiger partial charge is 0.457 e. The van der Waals surface area contributed by atoms with Crippen LogP contribution in [0, 0.1) is 18.3 Å². The van der Waals surface area contributed by atoms with Gasteiger partial charge in [-0.25, -0.2) is 0 Å². The topological polar surface area (TPSA) is 59.3 Å². The van der Waals surface area contributed by atoms with Crippen LogP contribution in [0.5, 0.6) is 11.5 Å². The van der Waals surface area contributed by atoms with E-state index < -0.39 is 18.0 Å². The maximum absolute atomic E-state index is 12.5. The number of nitriles is 1. The second-order valence-electron chi connectivity index (χ2n) is 6.57. The summed E-state index contributed by atoms with van der Waals surface area (Å²) in [7, 11) is 0. The number of hydrogen-bond acceptors (Lipinski definition) is 4. The Morgan fingerprint density at radius 1 is 0.893 bits per heavy atom. The zero-order valence-electron chi connectivity index (χ0n) is 15.8. The molecule has 2 unspecified atom stereocenters. The van der Waals surface area contributed by atoms with Gasteiger partial charge < -0.3 is 9.47 Å². The molecule has 4 heteroatoms. The SMILES string of the molecule is Cc1ccc(C(C)C(=O)OC(C#N)c2cccc(Oc3ccccc3)c2)cc1. The molecule has 2 atom stereocenters. The average molecular weight is 371 g/mol. The zero-order chi connectivity index (χ0) is 19.9. The van der Waals surface area contributed by atoms with Gasteiger partial charge in [0.25, 0.3) is 0 Å². The van der Waals surface area contributed by atoms with Crippen LogP contribution < -0.4 is 4.74 Å². The normalized spacial score (nSPS) is 12.5. The van der Waals surface area contributed by atoms with Crippen molar-refractivity contribution in [2.75, 3.05) is 0 Å². The number of hydrogen-bond donors (Lipinski definition) is 0. The number of carbonyl (C=O) groups is 1. The third-order valence-electron chi connectivity index (χ3n) is 4.42. The smallest absolute Gasteiger partial charge is 0.314 e. The van der Waals surface area contributed by atoms with Crippen LogP contribution in [0.4, 0.5) is 0 Å². The van der Waals surface area contributed by atoms with Gasteiger partial charge in [0.2, 0.25) is 6.10 Å². The highest BCUT2D eigenvalue weighted by Crippen LogP contribution is 2.27. The van der Waals surface area contributed by atoms with Gasteiger partial charge in [-0.2, -0.15) is 5.26 Å². The summed E-state index contributed by atoms with van der Waals surface area (Å²) in [6.45, 7) is 3.76. The molecule has 0 saturated carbocycles. The fourth-order valence-electron chi connectivity index (χ4n) is 2.74. The van der Waals surface area contributed by atoms with Crippen molar-refractivity contribution in [1.82, 2.24) is 0 Å². The quantitative estimate of drug-likeness (QED) is 0.522. The molecule has 3 rings (SSSR count). The van der Waals surface area contributed by atoms with Crippen LogP contribution in [0.1, 0.15) is 35.6 Å². The number of nitrogens with zero attached hydrogens (tertiary/aromatic N) is 1. The van der Waals surface area contributed by atoms with Crippen LogP contribution in [0.15, 0.2) is 78.9 Å². The molecule has 0 aromatic heterocycles. The molecule has 28 heavy (non-hydrogen) atoms. The molecule has 0 aliphatic heterocycles. The van der Waals surface area contributed by atoms with Crippen molar-refractivity contribution >= 4 is 5.97 Å².